The molecule has 0 amide bonds. The molecular formula is C12H15IN4O3. The van der Waals surface area contributed by atoms with Crippen LogP contribution in [0.15, 0.2) is 35.3 Å². The molecule has 0 spiro atoms. The summed E-state index contributed by atoms with van der Waals surface area (Å²) in [6.45, 7) is 0. The molecule has 108 valence electrons. The van der Waals surface area contributed by atoms with Gasteiger partial charge in [0.1, 0.15) is 0 Å². The number of aliphatic hydroxyl groups excluding tert-OH is 1. The maximum atomic E-state index is 10.4. The van der Waals surface area contributed by atoms with Gasteiger partial charge in [-0.1, -0.05) is 12.1 Å². The number of hydrogen-bond acceptors (Lipinski definition) is 7. The zero-order valence-corrected chi connectivity index (χ0v) is 13.2. The van der Waals surface area contributed by atoms with Crippen LogP contribution in [0, 0.1) is 3.57 Å². The molecular weight excluding hydrogens is 375 g/mol. The molecule has 1 aliphatic heterocycles. The molecule has 1 aromatic rings. The van der Waals surface area contributed by atoms with Crippen LogP contribution in [-0.4, -0.2) is 30.3 Å². The van der Waals surface area contributed by atoms with E-state index in [2.05, 4.69) is 33.1 Å². The zero-order valence-electron chi connectivity index (χ0n) is 11.0. The van der Waals surface area contributed by atoms with Crippen molar-refractivity contribution in [1.82, 2.24) is 10.5 Å². The van der Waals surface area contributed by atoms with Crippen LogP contribution in [0.1, 0.15) is 11.8 Å². The highest BCUT2D eigenvalue weighted by atomic mass is 127. The molecule has 0 radical (unpaired) electrons. The number of hydrogen-bond donors (Lipinski definition) is 3. The Morgan fingerprint density at radius 1 is 1.40 bits per heavy atom. The summed E-state index contributed by atoms with van der Waals surface area (Å²) < 4.78 is 11.0. The van der Waals surface area contributed by atoms with Gasteiger partial charge in [-0.05, 0) is 28.7 Å². The Morgan fingerprint density at radius 2 is 2.15 bits per heavy atom. The molecule has 1 unspecified atom stereocenters. The van der Waals surface area contributed by atoms with Crippen molar-refractivity contribution in [3.63, 3.8) is 0 Å². The van der Waals surface area contributed by atoms with Crippen molar-refractivity contribution < 1.29 is 14.6 Å². The normalized spacial score (nSPS) is 15.9. The first-order valence-electron chi connectivity index (χ1n) is 5.73. The maximum absolute atomic E-state index is 10.4. The molecule has 1 atom stereocenters. The van der Waals surface area contributed by atoms with Gasteiger partial charge in [-0.3, -0.25) is 0 Å². The lowest BCUT2D eigenvalue weighted by Crippen LogP contribution is -2.40. The number of ether oxygens (including phenoxy) is 2. The summed E-state index contributed by atoms with van der Waals surface area (Å²) in [5.74, 6) is 0.712. The molecule has 0 bridgehead atoms. The fraction of sp³-hybridized carbons (Fsp3) is 0.250. The summed E-state index contributed by atoms with van der Waals surface area (Å²) >= 11 is 2.11. The van der Waals surface area contributed by atoms with Gasteiger partial charge in [0.25, 0.3) is 0 Å². The molecule has 0 aliphatic carbocycles. The average Bonchev–Trinajstić information content (AvgIpc) is 2.48. The smallest absolute Gasteiger partial charge is 0.238 e. The van der Waals surface area contributed by atoms with Crippen LogP contribution in [-0.2, 0) is 9.47 Å². The number of para-hydroxylation sites is 1. The summed E-state index contributed by atoms with van der Waals surface area (Å²) in [6.07, 6.45) is 0.495. The van der Waals surface area contributed by atoms with E-state index < -0.39 is 6.23 Å². The quantitative estimate of drug-likeness (QED) is 0.530. The predicted molar refractivity (Wildman–Crippen MR) is 83.0 cm³/mol. The van der Waals surface area contributed by atoms with Crippen molar-refractivity contribution in [2.24, 2.45) is 5.10 Å². The summed E-state index contributed by atoms with van der Waals surface area (Å²) in [7, 11) is 2.99. The second kappa shape index (κ2) is 6.18. The average molecular weight is 390 g/mol. The number of anilines is 1. The number of benzene rings is 1. The third-order valence-electron chi connectivity index (χ3n) is 2.71. The van der Waals surface area contributed by atoms with Crippen LogP contribution in [0.25, 0.3) is 0 Å². The molecule has 0 saturated heterocycles. The zero-order chi connectivity index (χ0) is 14.7. The molecule has 8 heteroatoms. The van der Waals surface area contributed by atoms with Gasteiger partial charge in [0.2, 0.25) is 11.8 Å². The Kier molecular flexibility index (Phi) is 4.55. The standard InChI is InChI=1S/C12H15IN4O3/c1-19-9-6-10(20-2)16-17(15-9)12(18)7-4-3-5-8(13)11(7)14/h3-6,12,15,18H,14H2,1-2H3. The number of aliphatic hydroxyl groups is 1. The minimum absolute atomic E-state index is 0.309. The lowest BCUT2D eigenvalue weighted by molar-refractivity contribution is -0.0416. The number of nitrogens with one attached hydrogen (secondary N) is 1. The van der Waals surface area contributed by atoms with Gasteiger partial charge in [0.05, 0.1) is 26.0 Å². The van der Waals surface area contributed by atoms with E-state index in [0.717, 1.165) is 3.57 Å². The highest BCUT2D eigenvalue weighted by molar-refractivity contribution is 14.1. The van der Waals surface area contributed by atoms with E-state index in [1.807, 2.05) is 12.1 Å². The molecule has 0 aromatic heterocycles. The van der Waals surface area contributed by atoms with E-state index in [1.165, 1.54) is 19.3 Å². The Balaban J connectivity index is 2.29. The largest absolute Gasteiger partial charge is 0.481 e. The SMILES string of the molecule is COC1=CC(OC)=NN(C(O)c2cccc(I)c2N)N1. The minimum Gasteiger partial charge on any atom is -0.481 e. The van der Waals surface area contributed by atoms with Gasteiger partial charge in [-0.15, -0.1) is 5.10 Å². The number of hydrazone groups is 1. The Bertz CT molecular complexity index is 562. The first-order valence-corrected chi connectivity index (χ1v) is 6.80. The number of rotatable bonds is 3. The van der Waals surface area contributed by atoms with Crippen molar-refractivity contribution in [3.05, 3.63) is 39.3 Å². The van der Waals surface area contributed by atoms with Crippen LogP contribution in [0.3, 0.4) is 0 Å². The van der Waals surface area contributed by atoms with Crippen molar-refractivity contribution in [2.75, 3.05) is 20.0 Å². The van der Waals surface area contributed by atoms with Crippen LogP contribution < -0.4 is 11.2 Å². The lowest BCUT2D eigenvalue weighted by Gasteiger charge is -2.30. The fourth-order valence-electron chi connectivity index (χ4n) is 1.65. The lowest BCUT2D eigenvalue weighted by atomic mass is 10.1. The summed E-state index contributed by atoms with van der Waals surface area (Å²) in [6, 6.07) is 5.41. The van der Waals surface area contributed by atoms with E-state index >= 15 is 0 Å². The Morgan fingerprint density at radius 3 is 2.80 bits per heavy atom. The molecule has 7 nitrogen and oxygen atoms in total. The molecule has 0 fully saturated rings. The Labute approximate surface area is 130 Å². The van der Waals surface area contributed by atoms with Crippen LogP contribution in [0.5, 0.6) is 0 Å². The van der Waals surface area contributed by atoms with Gasteiger partial charge < -0.3 is 20.3 Å². The number of hydrazine groups is 1. The molecule has 2 rings (SSSR count). The van der Waals surface area contributed by atoms with E-state index in [1.54, 1.807) is 12.1 Å². The van der Waals surface area contributed by atoms with Crippen LogP contribution in [0.4, 0.5) is 5.69 Å². The van der Waals surface area contributed by atoms with E-state index in [0.29, 0.717) is 23.0 Å². The van der Waals surface area contributed by atoms with Gasteiger partial charge in [-0.2, -0.15) is 5.12 Å². The van der Waals surface area contributed by atoms with E-state index in [4.69, 9.17) is 15.2 Å². The van der Waals surface area contributed by atoms with E-state index in [-0.39, 0.29) is 0 Å². The maximum Gasteiger partial charge on any atom is 0.238 e. The topological polar surface area (TPSA) is 92.3 Å². The predicted octanol–water partition coefficient (Wildman–Crippen LogP) is 1.13. The van der Waals surface area contributed by atoms with Crippen molar-refractivity contribution in [1.29, 1.82) is 0 Å². The van der Waals surface area contributed by atoms with Crippen molar-refractivity contribution >= 4 is 34.2 Å². The molecule has 0 saturated carbocycles. The summed E-state index contributed by atoms with van der Waals surface area (Å²) in [5.41, 5.74) is 9.83. The summed E-state index contributed by atoms with van der Waals surface area (Å²) in [4.78, 5) is 0. The van der Waals surface area contributed by atoms with Crippen molar-refractivity contribution in [3.8, 4) is 0 Å². The molecule has 4 N–H and O–H groups in total. The van der Waals surface area contributed by atoms with E-state index in [9.17, 15) is 5.11 Å². The monoisotopic (exact) mass is 390 g/mol. The third kappa shape index (κ3) is 2.90. The second-order valence-electron chi connectivity index (χ2n) is 3.93. The van der Waals surface area contributed by atoms with Gasteiger partial charge in [-0.25, -0.2) is 5.43 Å². The summed E-state index contributed by atoms with van der Waals surface area (Å²) in [5, 5.41) is 15.7. The van der Waals surface area contributed by atoms with Crippen LogP contribution >= 0.6 is 22.6 Å². The Hall–Kier alpha value is -1.68. The van der Waals surface area contributed by atoms with Crippen LogP contribution in [0.2, 0.25) is 0 Å². The first-order chi connectivity index (χ1) is 9.56. The number of halogens is 1. The van der Waals surface area contributed by atoms with Gasteiger partial charge in [0.15, 0.2) is 6.23 Å². The molecule has 20 heavy (non-hydrogen) atoms. The number of nitrogens with two attached hydrogens (primary N) is 1. The number of nitrogens with zero attached hydrogens (tertiary/aromatic N) is 2. The van der Waals surface area contributed by atoms with Crippen molar-refractivity contribution in [2.45, 2.75) is 6.23 Å². The molecule has 1 aliphatic rings. The third-order valence-corrected chi connectivity index (χ3v) is 3.65. The molecule has 1 heterocycles. The van der Waals surface area contributed by atoms with Gasteiger partial charge >= 0.3 is 0 Å². The number of nitrogen functional groups attached to an aromatic ring is 1. The molecule has 1 aromatic carbocycles. The number of methoxy groups -OCH3 is 2. The fourth-order valence-corrected chi connectivity index (χ4v) is 2.17. The second-order valence-corrected chi connectivity index (χ2v) is 5.09. The minimum atomic E-state index is -1.08. The highest BCUT2D eigenvalue weighted by Crippen LogP contribution is 2.27. The van der Waals surface area contributed by atoms with Gasteiger partial charge in [0, 0.05) is 9.13 Å². The first kappa shape index (κ1) is 14.7. The highest BCUT2D eigenvalue weighted by Gasteiger charge is 2.24.